The Balaban J connectivity index is 2.14. The first-order valence-electron chi connectivity index (χ1n) is 6.40. The van der Waals surface area contributed by atoms with Crippen LogP contribution in [-0.2, 0) is 6.18 Å². The molecule has 1 aromatic rings. The lowest BCUT2D eigenvalue weighted by molar-refractivity contribution is -0.137. The zero-order valence-electron chi connectivity index (χ0n) is 10.7. The van der Waals surface area contributed by atoms with Crippen molar-refractivity contribution in [3.8, 4) is 0 Å². The van der Waals surface area contributed by atoms with Gasteiger partial charge in [-0.15, -0.1) is 11.3 Å². The number of hydrogen-bond acceptors (Lipinski definition) is 4. The quantitative estimate of drug-likeness (QED) is 0.886. The first kappa shape index (κ1) is 15.1. The number of alkyl halides is 3. The van der Waals surface area contributed by atoms with E-state index in [1.165, 1.54) is 6.20 Å². The van der Waals surface area contributed by atoms with Crippen molar-refractivity contribution < 1.29 is 13.2 Å². The maximum Gasteiger partial charge on any atom is 0.443 e. The monoisotopic (exact) mass is 310 g/mol. The number of thiazole rings is 1. The van der Waals surface area contributed by atoms with Crippen LogP contribution in [0.3, 0.4) is 0 Å². The zero-order chi connectivity index (χ0) is 13.9. The molecule has 0 bridgehead atoms. The molecular weight excluding hydrogens is 293 g/mol. The van der Waals surface area contributed by atoms with Crippen LogP contribution in [0.2, 0.25) is 0 Å². The highest BCUT2D eigenvalue weighted by atomic mass is 32.2. The van der Waals surface area contributed by atoms with E-state index in [0.717, 1.165) is 42.9 Å². The van der Waals surface area contributed by atoms with E-state index in [0.29, 0.717) is 10.1 Å². The number of rotatable bonds is 5. The first-order chi connectivity index (χ1) is 9.02. The Bertz CT molecular complexity index is 400. The minimum absolute atomic E-state index is 0.000972. The van der Waals surface area contributed by atoms with Gasteiger partial charge < -0.3 is 5.32 Å². The van der Waals surface area contributed by atoms with Crippen molar-refractivity contribution in [3.63, 3.8) is 0 Å². The molecule has 0 amide bonds. The molecule has 2 rings (SSSR count). The van der Waals surface area contributed by atoms with Crippen molar-refractivity contribution in [1.82, 2.24) is 10.3 Å². The first-order valence-corrected chi connectivity index (χ1v) is 8.26. The number of halogens is 3. The molecule has 1 N–H and O–H groups in total. The van der Waals surface area contributed by atoms with Gasteiger partial charge in [-0.3, -0.25) is 0 Å². The summed E-state index contributed by atoms with van der Waals surface area (Å²) in [6, 6.07) is 0.000972. The van der Waals surface area contributed by atoms with Crippen molar-refractivity contribution >= 4 is 23.1 Å². The number of thioether (sulfide) groups is 1. The van der Waals surface area contributed by atoms with Crippen LogP contribution in [0.15, 0.2) is 6.20 Å². The minimum atomic E-state index is -4.33. The lowest BCUT2D eigenvalue weighted by atomic mass is 10.1. The highest BCUT2D eigenvalue weighted by Crippen LogP contribution is 2.40. The molecule has 0 radical (unpaired) electrons. The number of nitrogens with one attached hydrogen (secondary N) is 1. The molecule has 2 heterocycles. The second-order valence-electron chi connectivity index (χ2n) is 4.55. The van der Waals surface area contributed by atoms with Crippen molar-refractivity contribution in [2.45, 2.75) is 43.7 Å². The maximum absolute atomic E-state index is 12.6. The Kier molecular flexibility index (Phi) is 5.14. The fourth-order valence-corrected chi connectivity index (χ4v) is 4.56. The molecule has 1 fully saturated rings. The average Bonchev–Trinajstić information content (AvgIpc) is 2.99. The van der Waals surface area contributed by atoms with Gasteiger partial charge in [0.1, 0.15) is 0 Å². The standard InChI is InChI=1S/C12H17F3N2S2/c1-2-5-16-10(8-4-3-6-18-8)9-7-17-11(19-9)12(13,14)15/h7-8,10,16H,2-6H2,1H3. The fraction of sp³-hybridized carbons (Fsp3) is 0.750. The van der Waals surface area contributed by atoms with Gasteiger partial charge in [0.05, 0.1) is 6.04 Å². The molecule has 7 heteroatoms. The van der Waals surface area contributed by atoms with Crippen LogP contribution in [0.4, 0.5) is 13.2 Å². The van der Waals surface area contributed by atoms with Crippen LogP contribution in [0.1, 0.15) is 42.1 Å². The van der Waals surface area contributed by atoms with E-state index in [2.05, 4.69) is 17.2 Å². The third-order valence-corrected chi connectivity index (χ3v) is 5.61. The van der Waals surface area contributed by atoms with E-state index in [9.17, 15) is 13.2 Å². The van der Waals surface area contributed by atoms with Gasteiger partial charge in [0.25, 0.3) is 0 Å². The lowest BCUT2D eigenvalue weighted by Gasteiger charge is -2.22. The predicted molar refractivity (Wildman–Crippen MR) is 73.6 cm³/mol. The summed E-state index contributed by atoms with van der Waals surface area (Å²) < 4.78 is 37.8. The van der Waals surface area contributed by atoms with Crippen LogP contribution in [0.25, 0.3) is 0 Å². The molecule has 0 saturated carbocycles. The van der Waals surface area contributed by atoms with E-state index in [1.54, 1.807) is 0 Å². The Hall–Kier alpha value is -0.270. The second-order valence-corrected chi connectivity index (χ2v) is 6.96. The molecule has 2 nitrogen and oxygen atoms in total. The van der Waals surface area contributed by atoms with Crippen LogP contribution in [0, 0.1) is 0 Å². The SMILES string of the molecule is CCCNC(c1cnc(C(F)(F)F)s1)C1CCCS1. The maximum atomic E-state index is 12.6. The summed E-state index contributed by atoms with van der Waals surface area (Å²) in [6.07, 6.45) is 0.232. The average molecular weight is 310 g/mol. The van der Waals surface area contributed by atoms with Gasteiger partial charge in [0.2, 0.25) is 0 Å². The minimum Gasteiger partial charge on any atom is -0.308 e. The Morgan fingerprint density at radius 3 is 2.84 bits per heavy atom. The summed E-state index contributed by atoms with van der Waals surface area (Å²) in [6.45, 7) is 2.88. The van der Waals surface area contributed by atoms with Gasteiger partial charge in [0.15, 0.2) is 5.01 Å². The zero-order valence-corrected chi connectivity index (χ0v) is 12.3. The highest BCUT2D eigenvalue weighted by Gasteiger charge is 2.36. The van der Waals surface area contributed by atoms with Crippen LogP contribution >= 0.6 is 23.1 Å². The molecule has 1 saturated heterocycles. The van der Waals surface area contributed by atoms with Gasteiger partial charge in [0, 0.05) is 16.3 Å². The molecule has 1 aromatic heterocycles. The summed E-state index contributed by atoms with van der Waals surface area (Å²) >= 11 is 2.62. The summed E-state index contributed by atoms with van der Waals surface area (Å²) in [7, 11) is 0. The van der Waals surface area contributed by atoms with Gasteiger partial charge in [-0.2, -0.15) is 24.9 Å². The third-order valence-electron chi connectivity index (χ3n) is 3.02. The Morgan fingerprint density at radius 1 is 1.53 bits per heavy atom. The molecule has 0 spiro atoms. The number of aromatic nitrogens is 1. The van der Waals surface area contributed by atoms with Crippen molar-refractivity contribution in [2.75, 3.05) is 12.3 Å². The van der Waals surface area contributed by atoms with Crippen LogP contribution in [0.5, 0.6) is 0 Å². The summed E-state index contributed by atoms with van der Waals surface area (Å²) in [5, 5.41) is 3.00. The Morgan fingerprint density at radius 2 is 2.32 bits per heavy atom. The van der Waals surface area contributed by atoms with Gasteiger partial charge in [-0.1, -0.05) is 6.92 Å². The van der Waals surface area contributed by atoms with Crippen molar-refractivity contribution in [3.05, 3.63) is 16.1 Å². The second kappa shape index (κ2) is 6.45. The molecule has 2 atom stereocenters. The predicted octanol–water partition coefficient (Wildman–Crippen LogP) is 4.10. The molecule has 108 valence electrons. The molecule has 2 unspecified atom stereocenters. The summed E-state index contributed by atoms with van der Waals surface area (Å²) in [5.74, 6) is 1.10. The normalized spacial score (nSPS) is 21.8. The smallest absolute Gasteiger partial charge is 0.308 e. The molecule has 1 aliphatic heterocycles. The Labute approximate surface area is 119 Å². The molecule has 0 aromatic carbocycles. The summed E-state index contributed by atoms with van der Waals surface area (Å²) in [5.41, 5.74) is 0. The van der Waals surface area contributed by atoms with Crippen LogP contribution in [-0.4, -0.2) is 22.5 Å². The van der Waals surface area contributed by atoms with Gasteiger partial charge in [-0.05, 0) is 31.6 Å². The number of hydrogen-bond donors (Lipinski definition) is 1. The van der Waals surface area contributed by atoms with E-state index < -0.39 is 11.2 Å². The van der Waals surface area contributed by atoms with Crippen molar-refractivity contribution in [2.24, 2.45) is 0 Å². The molecular formula is C12H17F3N2S2. The van der Waals surface area contributed by atoms with E-state index in [-0.39, 0.29) is 6.04 Å². The van der Waals surface area contributed by atoms with E-state index in [4.69, 9.17) is 0 Å². The summed E-state index contributed by atoms with van der Waals surface area (Å²) in [4.78, 5) is 4.24. The van der Waals surface area contributed by atoms with Gasteiger partial charge in [-0.25, -0.2) is 4.98 Å². The largest absolute Gasteiger partial charge is 0.443 e. The fourth-order valence-electron chi connectivity index (χ4n) is 2.14. The van der Waals surface area contributed by atoms with E-state index in [1.807, 2.05) is 11.8 Å². The van der Waals surface area contributed by atoms with Gasteiger partial charge >= 0.3 is 6.18 Å². The topological polar surface area (TPSA) is 24.9 Å². The lowest BCUT2D eigenvalue weighted by Crippen LogP contribution is -2.29. The molecule has 19 heavy (non-hydrogen) atoms. The third kappa shape index (κ3) is 3.86. The van der Waals surface area contributed by atoms with E-state index >= 15 is 0 Å². The number of nitrogens with zero attached hydrogens (tertiary/aromatic N) is 1. The highest BCUT2D eigenvalue weighted by molar-refractivity contribution is 8.00. The van der Waals surface area contributed by atoms with Crippen molar-refractivity contribution in [1.29, 1.82) is 0 Å². The molecule has 1 aliphatic rings. The molecule has 0 aliphatic carbocycles. The van der Waals surface area contributed by atoms with Crippen LogP contribution < -0.4 is 5.32 Å².